The topological polar surface area (TPSA) is 113 Å². The fourth-order valence-electron chi connectivity index (χ4n) is 1.55. The van der Waals surface area contributed by atoms with Crippen LogP contribution in [0.3, 0.4) is 0 Å². The molecule has 0 aliphatic rings. The maximum absolute atomic E-state index is 12.0. The zero-order valence-electron chi connectivity index (χ0n) is 10.8. The third kappa shape index (κ3) is 4.27. The second-order valence-electron chi connectivity index (χ2n) is 3.89. The third-order valence-electron chi connectivity index (χ3n) is 2.41. The van der Waals surface area contributed by atoms with Crippen molar-refractivity contribution in [2.75, 3.05) is 6.61 Å². The number of nitrogens with one attached hydrogen (secondary N) is 1. The summed E-state index contributed by atoms with van der Waals surface area (Å²) in [7, 11) is 0. The molecule has 0 bridgehead atoms. The molecule has 0 saturated heterocycles. The van der Waals surface area contributed by atoms with Crippen LogP contribution >= 0.6 is 0 Å². The summed E-state index contributed by atoms with van der Waals surface area (Å²) in [5.41, 5.74) is 0.158. The molecule has 20 heavy (non-hydrogen) atoms. The first-order valence-corrected chi connectivity index (χ1v) is 5.93. The van der Waals surface area contributed by atoms with Crippen LogP contribution in [0, 0.1) is 0 Å². The van der Waals surface area contributed by atoms with Crippen LogP contribution in [0.5, 0.6) is 5.75 Å². The van der Waals surface area contributed by atoms with E-state index in [-0.39, 0.29) is 5.56 Å². The van der Waals surface area contributed by atoms with Crippen molar-refractivity contribution in [1.29, 1.82) is 0 Å². The Morgan fingerprint density at radius 3 is 2.45 bits per heavy atom. The highest BCUT2D eigenvalue weighted by molar-refractivity contribution is 5.99. The maximum atomic E-state index is 12.0. The van der Waals surface area contributed by atoms with Crippen LogP contribution in [0.15, 0.2) is 24.3 Å². The van der Waals surface area contributed by atoms with Crippen LogP contribution in [0.1, 0.15) is 23.7 Å². The summed E-state index contributed by atoms with van der Waals surface area (Å²) in [5.74, 6) is -3.10. The molecular formula is C13H15NO6. The van der Waals surface area contributed by atoms with E-state index in [1.165, 1.54) is 6.07 Å². The lowest BCUT2D eigenvalue weighted by Gasteiger charge is -2.14. The average Bonchev–Trinajstić information content (AvgIpc) is 2.38. The molecule has 1 rings (SSSR count). The number of hydrogen-bond donors (Lipinski definition) is 3. The minimum absolute atomic E-state index is 0.158. The van der Waals surface area contributed by atoms with Crippen LogP contribution in [0.4, 0.5) is 0 Å². The van der Waals surface area contributed by atoms with Crippen LogP contribution in [0.25, 0.3) is 0 Å². The molecule has 1 aromatic rings. The van der Waals surface area contributed by atoms with Gasteiger partial charge in [0.1, 0.15) is 11.8 Å². The van der Waals surface area contributed by atoms with Crippen molar-refractivity contribution >= 4 is 17.8 Å². The monoisotopic (exact) mass is 281 g/mol. The number of carbonyl (C=O) groups is 3. The predicted molar refractivity (Wildman–Crippen MR) is 68.8 cm³/mol. The van der Waals surface area contributed by atoms with Crippen molar-refractivity contribution in [2.24, 2.45) is 0 Å². The number of carboxylic acids is 2. The fourth-order valence-corrected chi connectivity index (χ4v) is 1.55. The highest BCUT2D eigenvalue weighted by atomic mass is 16.5. The van der Waals surface area contributed by atoms with Crippen LogP contribution in [0.2, 0.25) is 0 Å². The molecule has 7 heteroatoms. The van der Waals surface area contributed by atoms with Gasteiger partial charge in [-0.15, -0.1) is 0 Å². The summed E-state index contributed by atoms with van der Waals surface area (Å²) >= 11 is 0. The lowest BCUT2D eigenvalue weighted by molar-refractivity contribution is -0.145. The number of benzene rings is 1. The molecule has 0 aromatic heterocycles. The number of carboxylic acid groups (broad SMARTS) is 2. The first kappa shape index (κ1) is 15.5. The van der Waals surface area contributed by atoms with Crippen molar-refractivity contribution in [3.63, 3.8) is 0 Å². The van der Waals surface area contributed by atoms with Crippen LogP contribution in [-0.2, 0) is 9.59 Å². The SMILES string of the molecule is CCOc1ccccc1C(=O)NC(CC(=O)O)C(=O)O. The van der Waals surface area contributed by atoms with E-state index >= 15 is 0 Å². The molecule has 0 fully saturated rings. The molecule has 0 aliphatic carbocycles. The van der Waals surface area contributed by atoms with Crippen LogP contribution in [-0.4, -0.2) is 40.7 Å². The maximum Gasteiger partial charge on any atom is 0.326 e. The molecular weight excluding hydrogens is 266 g/mol. The van der Waals surface area contributed by atoms with Gasteiger partial charge in [0.2, 0.25) is 0 Å². The highest BCUT2D eigenvalue weighted by Gasteiger charge is 2.24. The van der Waals surface area contributed by atoms with E-state index in [0.717, 1.165) is 0 Å². The molecule has 1 unspecified atom stereocenters. The van der Waals surface area contributed by atoms with Gasteiger partial charge >= 0.3 is 11.9 Å². The molecule has 0 radical (unpaired) electrons. The van der Waals surface area contributed by atoms with Gasteiger partial charge in [-0.2, -0.15) is 0 Å². The zero-order chi connectivity index (χ0) is 15.1. The number of aliphatic carboxylic acids is 2. The van der Waals surface area contributed by atoms with Gasteiger partial charge in [0.15, 0.2) is 0 Å². The minimum atomic E-state index is -1.49. The summed E-state index contributed by atoms with van der Waals surface area (Å²) in [6, 6.07) is 4.83. The lowest BCUT2D eigenvalue weighted by atomic mass is 10.1. The van der Waals surface area contributed by atoms with E-state index in [0.29, 0.717) is 12.4 Å². The Balaban J connectivity index is 2.88. The Bertz CT molecular complexity index is 513. The Kier molecular flexibility index (Phi) is 5.52. The predicted octanol–water partition coefficient (Wildman–Crippen LogP) is 0.743. The second kappa shape index (κ2) is 7.13. The Hall–Kier alpha value is -2.57. The van der Waals surface area contributed by atoms with Gasteiger partial charge in [-0.3, -0.25) is 9.59 Å². The second-order valence-corrected chi connectivity index (χ2v) is 3.89. The Morgan fingerprint density at radius 2 is 1.90 bits per heavy atom. The van der Waals surface area contributed by atoms with Crippen molar-refractivity contribution in [1.82, 2.24) is 5.32 Å². The van der Waals surface area contributed by atoms with E-state index in [2.05, 4.69) is 5.32 Å². The summed E-state index contributed by atoms with van der Waals surface area (Å²) in [4.78, 5) is 33.5. The largest absolute Gasteiger partial charge is 0.493 e. The van der Waals surface area contributed by atoms with Gasteiger partial charge in [0, 0.05) is 0 Å². The molecule has 0 spiro atoms. The Labute approximate surface area is 115 Å². The average molecular weight is 281 g/mol. The normalized spacial score (nSPS) is 11.4. The van der Waals surface area contributed by atoms with Crippen molar-refractivity contribution in [3.8, 4) is 5.75 Å². The lowest BCUT2D eigenvalue weighted by Crippen LogP contribution is -2.42. The number of hydrogen-bond acceptors (Lipinski definition) is 4. The first-order valence-electron chi connectivity index (χ1n) is 5.93. The number of rotatable bonds is 7. The number of ether oxygens (including phenoxy) is 1. The van der Waals surface area contributed by atoms with Crippen molar-refractivity contribution in [3.05, 3.63) is 29.8 Å². The molecule has 1 aromatic carbocycles. The zero-order valence-corrected chi connectivity index (χ0v) is 10.8. The summed E-state index contributed by atoms with van der Waals surface area (Å²) < 4.78 is 5.26. The van der Waals surface area contributed by atoms with Gasteiger partial charge in [-0.1, -0.05) is 12.1 Å². The molecule has 0 saturated carbocycles. The molecule has 0 heterocycles. The molecule has 0 aliphatic heterocycles. The van der Waals surface area contributed by atoms with E-state index in [9.17, 15) is 14.4 Å². The van der Waals surface area contributed by atoms with Crippen molar-refractivity contribution < 1.29 is 29.3 Å². The molecule has 7 nitrogen and oxygen atoms in total. The van der Waals surface area contributed by atoms with Gasteiger partial charge < -0.3 is 20.3 Å². The quantitative estimate of drug-likeness (QED) is 0.679. The summed E-state index contributed by atoms with van der Waals surface area (Å²) in [6.07, 6.45) is -0.697. The number of amides is 1. The first-order chi connectivity index (χ1) is 9.45. The number of carbonyl (C=O) groups excluding carboxylic acids is 1. The van der Waals surface area contributed by atoms with Gasteiger partial charge in [0.05, 0.1) is 18.6 Å². The molecule has 1 atom stereocenters. The van der Waals surface area contributed by atoms with Crippen molar-refractivity contribution in [2.45, 2.75) is 19.4 Å². The van der Waals surface area contributed by atoms with E-state index in [4.69, 9.17) is 14.9 Å². The summed E-state index contributed by atoms with van der Waals surface area (Å²) in [5, 5.41) is 19.7. The smallest absolute Gasteiger partial charge is 0.326 e. The van der Waals surface area contributed by atoms with Crippen LogP contribution < -0.4 is 10.1 Å². The van der Waals surface area contributed by atoms with Gasteiger partial charge in [0.25, 0.3) is 5.91 Å². The minimum Gasteiger partial charge on any atom is -0.493 e. The van der Waals surface area contributed by atoms with Gasteiger partial charge in [-0.25, -0.2) is 4.79 Å². The highest BCUT2D eigenvalue weighted by Crippen LogP contribution is 2.18. The van der Waals surface area contributed by atoms with Gasteiger partial charge in [-0.05, 0) is 19.1 Å². The summed E-state index contributed by atoms with van der Waals surface area (Å²) in [6.45, 7) is 2.10. The number of para-hydroxylation sites is 1. The standard InChI is InChI=1S/C13H15NO6/c1-2-20-10-6-4-3-5-8(10)12(17)14-9(13(18)19)7-11(15)16/h3-6,9H,2,7H2,1H3,(H,14,17)(H,15,16)(H,18,19). The third-order valence-corrected chi connectivity index (χ3v) is 2.41. The molecule has 108 valence electrons. The fraction of sp³-hybridized carbons (Fsp3) is 0.308. The van der Waals surface area contributed by atoms with E-state index in [1.54, 1.807) is 25.1 Å². The van der Waals surface area contributed by atoms with E-state index < -0.39 is 30.3 Å². The molecule has 1 amide bonds. The van der Waals surface area contributed by atoms with E-state index in [1.807, 2.05) is 0 Å². The Morgan fingerprint density at radius 1 is 1.25 bits per heavy atom. The molecule has 3 N–H and O–H groups in total.